The molecule has 0 bridgehead atoms. The number of aromatic hydroxyl groups is 1. The van der Waals surface area contributed by atoms with Crippen molar-refractivity contribution in [3.63, 3.8) is 0 Å². The van der Waals surface area contributed by atoms with Crippen molar-refractivity contribution in [3.8, 4) is 11.5 Å². The SMILES string of the molecule is COc1ccc([C@H]2C3=CC[C@@H]4C(=O)NC(=O)[C@@H]4[C@@H]3C[C@H]3C(=O)N(Nc4ncc(C(F)(F)F)cc4Cl)C(=O)[C@@]23c2ccc(Cl)cc2)c(O)c1. The van der Waals surface area contributed by atoms with Gasteiger partial charge in [-0.15, -0.1) is 0 Å². The van der Waals surface area contributed by atoms with Crippen molar-refractivity contribution < 1.29 is 42.2 Å². The Labute approximate surface area is 280 Å². The molecule has 7 rings (SSSR count). The molecule has 48 heavy (non-hydrogen) atoms. The molecule has 0 radical (unpaired) electrons. The lowest BCUT2D eigenvalue weighted by molar-refractivity contribution is -0.139. The van der Waals surface area contributed by atoms with Crippen molar-refractivity contribution in [1.29, 1.82) is 0 Å². The number of carbonyl (C=O) groups excluding carboxylic acids is 4. The molecule has 3 aromatic rings. The number of phenolic OH excluding ortho intramolecular Hbond substituents is 1. The first-order valence-electron chi connectivity index (χ1n) is 14.8. The number of amides is 4. The molecule has 1 saturated carbocycles. The summed E-state index contributed by atoms with van der Waals surface area (Å²) in [6, 6.07) is 11.4. The predicted octanol–water partition coefficient (Wildman–Crippen LogP) is 5.39. The van der Waals surface area contributed by atoms with Crippen LogP contribution in [0.1, 0.15) is 35.4 Å². The number of halogens is 5. The number of anilines is 1. The lowest BCUT2D eigenvalue weighted by Gasteiger charge is -2.50. The molecule has 2 aliphatic carbocycles. The number of alkyl halides is 3. The summed E-state index contributed by atoms with van der Waals surface area (Å²) in [6.07, 6.45) is -2.28. The van der Waals surface area contributed by atoms with Crippen LogP contribution in [-0.4, -0.2) is 45.8 Å². The van der Waals surface area contributed by atoms with Crippen LogP contribution in [-0.2, 0) is 30.8 Å². The van der Waals surface area contributed by atoms with Gasteiger partial charge in [0.15, 0.2) is 5.82 Å². The molecule has 0 spiro atoms. The molecule has 4 aliphatic rings. The van der Waals surface area contributed by atoms with Crippen LogP contribution in [0.3, 0.4) is 0 Å². The fraction of sp³-hybridized carbons (Fsp3) is 0.303. The van der Waals surface area contributed by atoms with Gasteiger partial charge in [-0.1, -0.05) is 53.1 Å². The third-order valence-corrected chi connectivity index (χ3v) is 10.5. The Morgan fingerprint density at radius 3 is 2.42 bits per heavy atom. The first-order chi connectivity index (χ1) is 22.8. The van der Waals surface area contributed by atoms with E-state index in [9.17, 15) is 32.7 Å². The number of benzene rings is 2. The van der Waals surface area contributed by atoms with Gasteiger partial charge in [-0.2, -0.15) is 18.2 Å². The second-order valence-corrected chi connectivity index (χ2v) is 13.0. The molecule has 2 aliphatic heterocycles. The molecule has 10 nitrogen and oxygen atoms in total. The van der Waals surface area contributed by atoms with Gasteiger partial charge in [0, 0.05) is 28.8 Å². The van der Waals surface area contributed by atoms with Gasteiger partial charge >= 0.3 is 6.18 Å². The summed E-state index contributed by atoms with van der Waals surface area (Å²) >= 11 is 12.4. The number of imide groups is 2. The minimum Gasteiger partial charge on any atom is -0.508 e. The van der Waals surface area contributed by atoms with E-state index in [2.05, 4.69) is 15.7 Å². The first-order valence-corrected chi connectivity index (χ1v) is 15.6. The zero-order valence-electron chi connectivity index (χ0n) is 24.8. The minimum atomic E-state index is -4.74. The Kier molecular flexibility index (Phi) is 7.48. The summed E-state index contributed by atoms with van der Waals surface area (Å²) in [5.74, 6) is -7.25. The number of allylic oxidation sites excluding steroid dienone is 2. The van der Waals surface area contributed by atoms with E-state index in [1.54, 1.807) is 42.5 Å². The van der Waals surface area contributed by atoms with Gasteiger partial charge in [-0.25, -0.2) is 4.98 Å². The van der Waals surface area contributed by atoms with E-state index in [4.69, 9.17) is 27.9 Å². The number of pyridine rings is 1. The van der Waals surface area contributed by atoms with Gasteiger partial charge in [0.1, 0.15) is 11.5 Å². The third kappa shape index (κ3) is 4.66. The number of hydrazine groups is 1. The summed E-state index contributed by atoms with van der Waals surface area (Å²) in [7, 11) is 1.42. The number of hydrogen-bond acceptors (Lipinski definition) is 8. The maximum atomic E-state index is 15.0. The zero-order valence-corrected chi connectivity index (χ0v) is 26.4. The van der Waals surface area contributed by atoms with Gasteiger partial charge in [0.05, 0.1) is 40.9 Å². The summed E-state index contributed by atoms with van der Waals surface area (Å²) in [4.78, 5) is 59.3. The smallest absolute Gasteiger partial charge is 0.417 e. The van der Waals surface area contributed by atoms with Crippen LogP contribution in [0.25, 0.3) is 0 Å². The molecular weight excluding hydrogens is 676 g/mol. The third-order valence-electron chi connectivity index (χ3n) is 9.95. The van der Waals surface area contributed by atoms with Crippen LogP contribution in [0.5, 0.6) is 11.5 Å². The molecule has 3 N–H and O–H groups in total. The molecule has 3 heterocycles. The number of aromatic nitrogens is 1. The van der Waals surface area contributed by atoms with Crippen molar-refractivity contribution in [3.05, 3.63) is 93.1 Å². The van der Waals surface area contributed by atoms with Gasteiger partial charge in [0.25, 0.3) is 11.8 Å². The lowest BCUT2D eigenvalue weighted by Crippen LogP contribution is -2.53. The van der Waals surface area contributed by atoms with E-state index in [-0.39, 0.29) is 30.0 Å². The molecule has 0 unspecified atom stereocenters. The van der Waals surface area contributed by atoms with E-state index in [1.165, 1.54) is 13.2 Å². The maximum absolute atomic E-state index is 15.0. The lowest BCUT2D eigenvalue weighted by atomic mass is 9.49. The van der Waals surface area contributed by atoms with Crippen molar-refractivity contribution in [2.45, 2.75) is 30.4 Å². The molecule has 3 fully saturated rings. The van der Waals surface area contributed by atoms with E-state index in [1.807, 2.05) is 0 Å². The molecule has 4 amide bonds. The molecule has 248 valence electrons. The highest BCUT2D eigenvalue weighted by atomic mass is 35.5. The largest absolute Gasteiger partial charge is 0.508 e. The number of nitrogens with one attached hydrogen (secondary N) is 2. The van der Waals surface area contributed by atoms with Crippen molar-refractivity contribution in [1.82, 2.24) is 15.3 Å². The van der Waals surface area contributed by atoms with Gasteiger partial charge in [0.2, 0.25) is 11.8 Å². The van der Waals surface area contributed by atoms with Crippen LogP contribution in [0.4, 0.5) is 19.0 Å². The number of rotatable bonds is 5. The molecule has 2 saturated heterocycles. The Morgan fingerprint density at radius 1 is 1.04 bits per heavy atom. The average molecular weight is 701 g/mol. The molecule has 6 atom stereocenters. The number of nitrogens with zero attached hydrogens (tertiary/aromatic N) is 2. The summed E-state index contributed by atoms with van der Waals surface area (Å²) in [5, 5.41) is 14.4. The Morgan fingerprint density at radius 2 is 1.77 bits per heavy atom. The normalized spacial score (nSPS) is 28.0. The summed E-state index contributed by atoms with van der Waals surface area (Å²) < 4.78 is 45.3. The van der Waals surface area contributed by atoms with Crippen LogP contribution >= 0.6 is 23.2 Å². The van der Waals surface area contributed by atoms with Crippen LogP contribution < -0.4 is 15.5 Å². The monoisotopic (exact) mass is 700 g/mol. The number of phenols is 1. The molecule has 2 aromatic carbocycles. The molecule has 15 heteroatoms. The number of fused-ring (bicyclic) bond motifs is 4. The Balaban J connectivity index is 1.45. The highest BCUT2D eigenvalue weighted by Crippen LogP contribution is 2.64. The quantitative estimate of drug-likeness (QED) is 0.238. The highest BCUT2D eigenvalue weighted by molar-refractivity contribution is 6.33. The molecular formula is C33H25Cl2F3N4O6. The van der Waals surface area contributed by atoms with Crippen LogP contribution in [0, 0.1) is 23.7 Å². The number of hydrogen-bond donors (Lipinski definition) is 3. The van der Waals surface area contributed by atoms with Crippen molar-refractivity contribution >= 4 is 52.6 Å². The number of methoxy groups -OCH3 is 1. The van der Waals surface area contributed by atoms with Crippen molar-refractivity contribution in [2.75, 3.05) is 12.5 Å². The molecule has 1 aromatic heterocycles. The second-order valence-electron chi connectivity index (χ2n) is 12.2. The summed E-state index contributed by atoms with van der Waals surface area (Å²) in [5.41, 5.74) is 0.858. The van der Waals surface area contributed by atoms with Crippen LogP contribution in [0.2, 0.25) is 10.0 Å². The number of ether oxygens (including phenoxy) is 1. The minimum absolute atomic E-state index is 0.0410. The van der Waals surface area contributed by atoms with Gasteiger partial charge in [-0.05, 0) is 48.6 Å². The van der Waals surface area contributed by atoms with E-state index >= 15 is 4.79 Å². The van der Waals surface area contributed by atoms with Crippen molar-refractivity contribution in [2.24, 2.45) is 23.7 Å². The van der Waals surface area contributed by atoms with E-state index < -0.39 is 75.4 Å². The zero-order chi connectivity index (χ0) is 34.3. The van der Waals surface area contributed by atoms with E-state index in [0.29, 0.717) is 39.2 Å². The fourth-order valence-corrected chi connectivity index (χ4v) is 8.27. The van der Waals surface area contributed by atoms with Crippen LogP contribution in [0.15, 0.2) is 66.4 Å². The standard InChI is InChI=1S/C33H25Cl2F3N4O6/c1-48-17-6-7-19(24(43)11-17)26-18-8-9-20-25(29(45)40-28(20)44)21(18)12-22-30(46)42(31(47)32(22,26)14-2-4-16(34)5-3-14)41-27-23(35)10-15(13-39-27)33(36,37)38/h2-8,10-11,13,20-22,25-26,43H,9,12H2,1H3,(H,39,41)(H,40,44,45)/t20-,21+,22-,25-,26+,32+/m0/s1. The number of carbonyl (C=O) groups is 4. The highest BCUT2D eigenvalue weighted by Gasteiger charge is 2.70. The average Bonchev–Trinajstić information content (AvgIpc) is 3.45. The summed E-state index contributed by atoms with van der Waals surface area (Å²) in [6.45, 7) is 0. The Bertz CT molecular complexity index is 1940. The van der Waals surface area contributed by atoms with Gasteiger partial charge in [-0.3, -0.25) is 29.9 Å². The fourth-order valence-electron chi connectivity index (χ4n) is 7.93. The topological polar surface area (TPSA) is 138 Å². The second kappa shape index (κ2) is 11.2. The Hall–Kier alpha value is -4.62. The first kappa shape index (κ1) is 32.0. The predicted molar refractivity (Wildman–Crippen MR) is 165 cm³/mol. The van der Waals surface area contributed by atoms with Gasteiger partial charge < -0.3 is 9.84 Å². The van der Waals surface area contributed by atoms with E-state index in [0.717, 1.165) is 0 Å². The maximum Gasteiger partial charge on any atom is 0.417 e.